The summed E-state index contributed by atoms with van der Waals surface area (Å²) in [6, 6.07) is 4.99. The van der Waals surface area contributed by atoms with Gasteiger partial charge < -0.3 is 10.2 Å². The summed E-state index contributed by atoms with van der Waals surface area (Å²) in [5.74, 6) is -0.804. The Balaban J connectivity index is 2.16. The van der Waals surface area contributed by atoms with E-state index in [2.05, 4.69) is 0 Å². The summed E-state index contributed by atoms with van der Waals surface area (Å²) in [5, 5.41) is 20.4. The normalized spacial score (nSPS) is 18.9. The van der Waals surface area contributed by atoms with Crippen LogP contribution >= 0.6 is 23.2 Å². The van der Waals surface area contributed by atoms with Gasteiger partial charge in [0.15, 0.2) is 0 Å². The van der Waals surface area contributed by atoms with Crippen LogP contribution in [0, 0.1) is 5.41 Å². The van der Waals surface area contributed by atoms with Crippen molar-refractivity contribution >= 4 is 29.2 Å². The number of carbonyl (C=O) groups is 1. The smallest absolute Gasteiger partial charge is 0.303 e. The molecule has 0 spiro atoms. The lowest BCUT2D eigenvalue weighted by Crippen LogP contribution is -2.24. The fraction of sp³-hybridized carbons (Fsp3) is 0.533. The number of hydrogen-bond donors (Lipinski definition) is 2. The predicted molar refractivity (Wildman–Crippen MR) is 79.2 cm³/mol. The largest absolute Gasteiger partial charge is 0.481 e. The summed E-state index contributed by atoms with van der Waals surface area (Å²) >= 11 is 11.9. The highest BCUT2D eigenvalue weighted by Crippen LogP contribution is 2.47. The number of aliphatic carboxylic acids is 1. The van der Waals surface area contributed by atoms with Crippen LogP contribution in [0.15, 0.2) is 18.2 Å². The van der Waals surface area contributed by atoms with Crippen molar-refractivity contribution in [1.29, 1.82) is 0 Å². The molecule has 20 heavy (non-hydrogen) atoms. The molecule has 0 saturated heterocycles. The minimum absolute atomic E-state index is 0.106. The lowest BCUT2D eigenvalue weighted by molar-refractivity contribution is -0.140. The molecule has 1 saturated carbocycles. The SMILES string of the molecule is O=C(O)CC1(CC(O)c2ccc(Cl)cc2Cl)CCCC1. The first kappa shape index (κ1) is 15.6. The lowest BCUT2D eigenvalue weighted by Gasteiger charge is -2.30. The van der Waals surface area contributed by atoms with Gasteiger partial charge in [0, 0.05) is 10.0 Å². The van der Waals surface area contributed by atoms with Gasteiger partial charge >= 0.3 is 5.97 Å². The predicted octanol–water partition coefficient (Wildman–Crippen LogP) is 4.45. The average Bonchev–Trinajstić information content (AvgIpc) is 2.75. The maximum absolute atomic E-state index is 11.1. The molecule has 0 amide bonds. The third-order valence-corrected chi connectivity index (χ3v) is 4.70. The van der Waals surface area contributed by atoms with Crippen LogP contribution in [-0.2, 0) is 4.79 Å². The molecule has 0 bridgehead atoms. The van der Waals surface area contributed by atoms with E-state index in [1.807, 2.05) is 0 Å². The average molecular weight is 317 g/mol. The molecular formula is C15H18Cl2O3. The molecule has 0 radical (unpaired) electrons. The van der Waals surface area contributed by atoms with Crippen molar-refractivity contribution in [1.82, 2.24) is 0 Å². The van der Waals surface area contributed by atoms with E-state index in [0.29, 0.717) is 22.0 Å². The quantitative estimate of drug-likeness (QED) is 0.843. The maximum Gasteiger partial charge on any atom is 0.303 e. The fourth-order valence-corrected chi connectivity index (χ4v) is 3.73. The Labute approximate surface area is 128 Å². The van der Waals surface area contributed by atoms with Crippen LogP contribution in [0.4, 0.5) is 0 Å². The zero-order chi connectivity index (χ0) is 14.8. The minimum Gasteiger partial charge on any atom is -0.481 e. The van der Waals surface area contributed by atoms with Gasteiger partial charge in [0.25, 0.3) is 0 Å². The van der Waals surface area contributed by atoms with Crippen LogP contribution in [0.25, 0.3) is 0 Å². The van der Waals surface area contributed by atoms with E-state index in [1.165, 1.54) is 0 Å². The summed E-state index contributed by atoms with van der Waals surface area (Å²) < 4.78 is 0. The number of benzene rings is 1. The van der Waals surface area contributed by atoms with E-state index in [4.69, 9.17) is 28.3 Å². The molecule has 0 heterocycles. The van der Waals surface area contributed by atoms with Crippen LogP contribution in [0.3, 0.4) is 0 Å². The molecule has 2 N–H and O–H groups in total. The Morgan fingerprint density at radius 2 is 1.95 bits per heavy atom. The lowest BCUT2D eigenvalue weighted by atomic mass is 9.76. The van der Waals surface area contributed by atoms with Crippen molar-refractivity contribution in [3.05, 3.63) is 33.8 Å². The highest BCUT2D eigenvalue weighted by molar-refractivity contribution is 6.35. The molecule has 0 aromatic heterocycles. The van der Waals surface area contributed by atoms with Crippen LogP contribution in [0.2, 0.25) is 10.0 Å². The van der Waals surface area contributed by atoms with Crippen LogP contribution in [-0.4, -0.2) is 16.2 Å². The van der Waals surface area contributed by atoms with Gasteiger partial charge in [-0.2, -0.15) is 0 Å². The second-order valence-electron chi connectivity index (χ2n) is 5.66. The number of halogens is 2. The van der Waals surface area contributed by atoms with Crippen LogP contribution in [0.1, 0.15) is 50.2 Å². The molecule has 1 unspecified atom stereocenters. The van der Waals surface area contributed by atoms with Gasteiger partial charge in [0.2, 0.25) is 0 Å². The van der Waals surface area contributed by atoms with Crippen LogP contribution in [0.5, 0.6) is 0 Å². The zero-order valence-corrected chi connectivity index (χ0v) is 12.6. The number of carboxylic acid groups (broad SMARTS) is 1. The van der Waals surface area contributed by atoms with Crippen molar-refractivity contribution in [2.75, 3.05) is 0 Å². The number of hydrogen-bond acceptors (Lipinski definition) is 2. The molecule has 2 rings (SSSR count). The standard InChI is InChI=1S/C15H18Cl2O3/c16-10-3-4-11(12(17)7-10)13(18)8-15(9-14(19)20)5-1-2-6-15/h3-4,7,13,18H,1-2,5-6,8-9H2,(H,19,20). The number of aliphatic hydroxyl groups is 1. The second-order valence-corrected chi connectivity index (χ2v) is 6.51. The molecule has 1 aromatic rings. The van der Waals surface area contributed by atoms with E-state index >= 15 is 0 Å². The van der Waals surface area contributed by atoms with Crippen molar-refractivity contribution in [3.63, 3.8) is 0 Å². The molecule has 0 aliphatic heterocycles. The van der Waals surface area contributed by atoms with Gasteiger partial charge in [-0.05, 0) is 42.4 Å². The van der Waals surface area contributed by atoms with E-state index in [0.717, 1.165) is 25.7 Å². The molecule has 1 atom stereocenters. The monoisotopic (exact) mass is 316 g/mol. The third-order valence-electron chi connectivity index (χ3n) is 4.14. The van der Waals surface area contributed by atoms with E-state index in [-0.39, 0.29) is 11.8 Å². The summed E-state index contributed by atoms with van der Waals surface area (Å²) in [7, 11) is 0. The van der Waals surface area contributed by atoms with Gasteiger partial charge in [0.1, 0.15) is 0 Å². The summed E-state index contributed by atoms with van der Waals surface area (Å²) in [4.78, 5) is 11.1. The molecular weight excluding hydrogens is 299 g/mol. The first-order valence-corrected chi connectivity index (χ1v) is 7.52. The van der Waals surface area contributed by atoms with Gasteiger partial charge in [-0.3, -0.25) is 4.79 Å². The summed E-state index contributed by atoms with van der Waals surface area (Å²) in [6.45, 7) is 0. The Bertz CT molecular complexity index is 496. The Kier molecular flexibility index (Phi) is 4.95. The summed E-state index contributed by atoms with van der Waals surface area (Å²) in [5.41, 5.74) is 0.307. The van der Waals surface area contributed by atoms with Crippen LogP contribution < -0.4 is 0 Å². The maximum atomic E-state index is 11.1. The topological polar surface area (TPSA) is 57.5 Å². The minimum atomic E-state index is -0.804. The van der Waals surface area contributed by atoms with Gasteiger partial charge in [-0.1, -0.05) is 42.1 Å². The van der Waals surface area contributed by atoms with E-state index in [1.54, 1.807) is 18.2 Å². The molecule has 1 aromatic carbocycles. The van der Waals surface area contributed by atoms with E-state index in [9.17, 15) is 9.90 Å². The Morgan fingerprint density at radius 1 is 1.30 bits per heavy atom. The second kappa shape index (κ2) is 6.33. The molecule has 1 fully saturated rings. The first-order valence-electron chi connectivity index (χ1n) is 6.77. The van der Waals surface area contributed by atoms with Crippen molar-refractivity contribution in [2.24, 2.45) is 5.41 Å². The first-order chi connectivity index (χ1) is 9.42. The fourth-order valence-electron chi connectivity index (χ4n) is 3.19. The Morgan fingerprint density at radius 3 is 2.50 bits per heavy atom. The molecule has 1 aliphatic carbocycles. The van der Waals surface area contributed by atoms with Gasteiger partial charge in [-0.15, -0.1) is 0 Å². The molecule has 110 valence electrons. The highest BCUT2D eigenvalue weighted by atomic mass is 35.5. The van der Waals surface area contributed by atoms with Crippen molar-refractivity contribution in [3.8, 4) is 0 Å². The Hall–Kier alpha value is -0.770. The third kappa shape index (κ3) is 3.66. The number of carboxylic acids is 1. The molecule has 5 heteroatoms. The summed E-state index contributed by atoms with van der Waals surface area (Å²) in [6.07, 6.45) is 3.53. The van der Waals surface area contributed by atoms with Crippen molar-refractivity contribution in [2.45, 2.75) is 44.6 Å². The molecule has 1 aliphatic rings. The van der Waals surface area contributed by atoms with E-state index < -0.39 is 12.1 Å². The number of rotatable bonds is 5. The zero-order valence-electron chi connectivity index (χ0n) is 11.1. The van der Waals surface area contributed by atoms with Gasteiger partial charge in [-0.25, -0.2) is 0 Å². The van der Waals surface area contributed by atoms with Crippen molar-refractivity contribution < 1.29 is 15.0 Å². The van der Waals surface area contributed by atoms with Gasteiger partial charge in [0.05, 0.1) is 12.5 Å². The highest BCUT2D eigenvalue weighted by Gasteiger charge is 2.38. The molecule has 3 nitrogen and oxygen atoms in total. The number of aliphatic hydroxyl groups excluding tert-OH is 1.